The highest BCUT2D eigenvalue weighted by molar-refractivity contribution is 5.91. The molecule has 1 aliphatic carbocycles. The van der Waals surface area contributed by atoms with Gasteiger partial charge in [0.1, 0.15) is 5.75 Å². The topological polar surface area (TPSA) is 58.6 Å². The molecule has 0 saturated heterocycles. The molecule has 1 aliphatic rings. The van der Waals surface area contributed by atoms with Crippen LogP contribution in [0.5, 0.6) is 5.75 Å². The maximum absolute atomic E-state index is 12.0. The zero-order valence-electron chi connectivity index (χ0n) is 9.90. The van der Waals surface area contributed by atoms with E-state index in [-0.39, 0.29) is 17.9 Å². The lowest BCUT2D eigenvalue weighted by Gasteiger charge is -2.15. The van der Waals surface area contributed by atoms with Gasteiger partial charge >= 0.3 is 0 Å². The van der Waals surface area contributed by atoms with Gasteiger partial charge in [0.05, 0.1) is 19.1 Å². The number of aliphatic hydroxyl groups is 1. The van der Waals surface area contributed by atoms with Crippen LogP contribution in [0.4, 0.5) is 0 Å². The van der Waals surface area contributed by atoms with E-state index in [1.54, 1.807) is 7.11 Å². The molecule has 2 N–H and O–H groups in total. The maximum atomic E-state index is 12.0. The number of benzene rings is 1. The lowest BCUT2D eigenvalue weighted by molar-refractivity contribution is -0.123. The molecule has 0 bridgehead atoms. The first-order chi connectivity index (χ1) is 8.23. The van der Waals surface area contributed by atoms with E-state index in [1.165, 1.54) is 0 Å². The summed E-state index contributed by atoms with van der Waals surface area (Å²) in [5.74, 6) is 0.803. The van der Waals surface area contributed by atoms with Crippen LogP contribution >= 0.6 is 0 Å². The third-order valence-electron chi connectivity index (χ3n) is 3.22. The van der Waals surface area contributed by atoms with Crippen LogP contribution in [0.25, 0.3) is 0 Å². The molecule has 1 fully saturated rings. The Bertz CT molecular complexity index is 396. The fourth-order valence-electron chi connectivity index (χ4n) is 2.02. The molecule has 4 heteroatoms. The summed E-state index contributed by atoms with van der Waals surface area (Å²) in [6, 6.07) is 7.61. The molecule has 4 nitrogen and oxygen atoms in total. The van der Waals surface area contributed by atoms with Crippen LogP contribution < -0.4 is 10.1 Å². The normalized spacial score (nSPS) is 16.4. The first kappa shape index (κ1) is 11.9. The van der Waals surface area contributed by atoms with Crippen LogP contribution in [0.3, 0.4) is 0 Å². The highest BCUT2D eigenvalue weighted by atomic mass is 16.5. The molecule has 0 aliphatic heterocycles. The van der Waals surface area contributed by atoms with Crippen molar-refractivity contribution >= 4 is 5.91 Å². The minimum absolute atomic E-state index is 0.0108. The quantitative estimate of drug-likeness (QED) is 0.795. The lowest BCUT2D eigenvalue weighted by atomic mass is 9.95. The van der Waals surface area contributed by atoms with Crippen molar-refractivity contribution in [1.29, 1.82) is 0 Å². The minimum Gasteiger partial charge on any atom is -0.497 e. The summed E-state index contributed by atoms with van der Waals surface area (Å²) in [6.45, 7) is 0.293. The zero-order valence-corrected chi connectivity index (χ0v) is 9.90. The molecule has 0 aromatic heterocycles. The van der Waals surface area contributed by atoms with E-state index in [4.69, 9.17) is 9.84 Å². The molecule has 0 radical (unpaired) electrons. The molecule has 1 amide bonds. The lowest BCUT2D eigenvalue weighted by Crippen LogP contribution is -2.36. The Morgan fingerprint density at radius 2 is 2.06 bits per heavy atom. The number of aliphatic hydroxyl groups excluding tert-OH is 1. The highest BCUT2D eigenvalue weighted by Gasteiger charge is 2.50. The van der Waals surface area contributed by atoms with E-state index in [0.29, 0.717) is 6.54 Å². The number of amides is 1. The number of hydrogen-bond acceptors (Lipinski definition) is 3. The Hall–Kier alpha value is -1.55. The second kappa shape index (κ2) is 4.75. The molecule has 1 saturated carbocycles. The van der Waals surface area contributed by atoms with Crippen molar-refractivity contribution in [2.75, 3.05) is 20.3 Å². The summed E-state index contributed by atoms with van der Waals surface area (Å²) in [5.41, 5.74) is 0.648. The van der Waals surface area contributed by atoms with Gasteiger partial charge in [0.15, 0.2) is 0 Å². The van der Waals surface area contributed by atoms with Crippen molar-refractivity contribution < 1.29 is 14.6 Å². The van der Waals surface area contributed by atoms with Gasteiger partial charge in [0.2, 0.25) is 5.91 Å². The Balaban J connectivity index is 2.11. The van der Waals surface area contributed by atoms with E-state index in [0.717, 1.165) is 24.2 Å². The van der Waals surface area contributed by atoms with Gasteiger partial charge in [-0.1, -0.05) is 12.1 Å². The van der Waals surface area contributed by atoms with Crippen molar-refractivity contribution in [3.8, 4) is 5.75 Å². The third kappa shape index (κ3) is 2.26. The summed E-state index contributed by atoms with van der Waals surface area (Å²) < 4.78 is 5.09. The maximum Gasteiger partial charge on any atom is 0.230 e. The largest absolute Gasteiger partial charge is 0.497 e. The fraction of sp³-hybridized carbons (Fsp3) is 0.462. The fourth-order valence-corrected chi connectivity index (χ4v) is 2.02. The number of ether oxygens (including phenoxy) is 1. The van der Waals surface area contributed by atoms with Crippen LogP contribution in [-0.4, -0.2) is 31.3 Å². The van der Waals surface area contributed by atoms with Gasteiger partial charge in [-0.2, -0.15) is 0 Å². The van der Waals surface area contributed by atoms with Crippen LogP contribution in [-0.2, 0) is 10.2 Å². The number of nitrogens with one attached hydrogen (secondary N) is 1. The van der Waals surface area contributed by atoms with Gasteiger partial charge in [-0.05, 0) is 30.5 Å². The highest BCUT2D eigenvalue weighted by Crippen LogP contribution is 2.48. The summed E-state index contributed by atoms with van der Waals surface area (Å²) in [5, 5.41) is 11.5. The number of carbonyl (C=O) groups is 1. The van der Waals surface area contributed by atoms with Crippen molar-refractivity contribution in [3.05, 3.63) is 29.8 Å². The molecule has 0 unspecified atom stereocenters. The zero-order chi connectivity index (χ0) is 12.3. The van der Waals surface area contributed by atoms with Crippen molar-refractivity contribution in [3.63, 3.8) is 0 Å². The predicted octanol–water partition coefficient (Wildman–Crippen LogP) is 0.835. The first-order valence-corrected chi connectivity index (χ1v) is 5.76. The molecule has 1 aromatic rings. The Labute approximate surface area is 101 Å². The smallest absolute Gasteiger partial charge is 0.230 e. The van der Waals surface area contributed by atoms with Crippen LogP contribution in [0.15, 0.2) is 24.3 Å². The number of hydrogen-bond donors (Lipinski definition) is 2. The molecule has 0 heterocycles. The molecule has 17 heavy (non-hydrogen) atoms. The van der Waals surface area contributed by atoms with E-state index >= 15 is 0 Å². The number of methoxy groups -OCH3 is 1. The summed E-state index contributed by atoms with van der Waals surface area (Å²) >= 11 is 0. The van der Waals surface area contributed by atoms with Gasteiger partial charge < -0.3 is 15.2 Å². The van der Waals surface area contributed by atoms with Crippen LogP contribution in [0.1, 0.15) is 18.4 Å². The van der Waals surface area contributed by atoms with Gasteiger partial charge in [0.25, 0.3) is 0 Å². The Morgan fingerprint density at radius 1 is 1.41 bits per heavy atom. The average molecular weight is 235 g/mol. The monoisotopic (exact) mass is 235 g/mol. The Kier molecular flexibility index (Phi) is 3.33. The first-order valence-electron chi connectivity index (χ1n) is 5.76. The molecule has 0 atom stereocenters. The van der Waals surface area contributed by atoms with E-state index in [9.17, 15) is 4.79 Å². The molecule has 0 spiro atoms. The molecule has 1 aromatic carbocycles. The SMILES string of the molecule is COc1ccc(C2(C(=O)NCCO)CC2)cc1. The second-order valence-electron chi connectivity index (χ2n) is 4.29. The number of carbonyl (C=O) groups excluding carboxylic acids is 1. The van der Waals surface area contributed by atoms with Gasteiger partial charge in [-0.25, -0.2) is 0 Å². The second-order valence-corrected chi connectivity index (χ2v) is 4.29. The van der Waals surface area contributed by atoms with E-state index < -0.39 is 0 Å². The summed E-state index contributed by atoms with van der Waals surface area (Å²) in [7, 11) is 1.62. The van der Waals surface area contributed by atoms with Gasteiger partial charge in [0, 0.05) is 6.54 Å². The molecule has 92 valence electrons. The molecular weight excluding hydrogens is 218 g/mol. The Morgan fingerprint density at radius 3 is 2.53 bits per heavy atom. The van der Waals surface area contributed by atoms with Crippen molar-refractivity contribution in [2.24, 2.45) is 0 Å². The molecular formula is C13H17NO3. The van der Waals surface area contributed by atoms with Crippen molar-refractivity contribution in [1.82, 2.24) is 5.32 Å². The summed E-state index contributed by atoms with van der Waals surface area (Å²) in [4.78, 5) is 12.0. The minimum atomic E-state index is -0.374. The summed E-state index contributed by atoms with van der Waals surface area (Å²) in [6.07, 6.45) is 1.74. The van der Waals surface area contributed by atoms with E-state index in [1.807, 2.05) is 24.3 Å². The average Bonchev–Trinajstić information content (AvgIpc) is 3.17. The molecule has 2 rings (SSSR count). The predicted molar refractivity (Wildman–Crippen MR) is 64.0 cm³/mol. The number of rotatable bonds is 5. The van der Waals surface area contributed by atoms with Crippen LogP contribution in [0.2, 0.25) is 0 Å². The van der Waals surface area contributed by atoms with Gasteiger partial charge in [-0.3, -0.25) is 4.79 Å². The van der Waals surface area contributed by atoms with Crippen LogP contribution in [0, 0.1) is 0 Å². The van der Waals surface area contributed by atoms with Crippen molar-refractivity contribution in [2.45, 2.75) is 18.3 Å². The standard InChI is InChI=1S/C13H17NO3/c1-17-11-4-2-10(3-5-11)13(6-7-13)12(16)14-8-9-15/h2-5,15H,6-9H2,1H3,(H,14,16). The van der Waals surface area contributed by atoms with E-state index in [2.05, 4.69) is 5.32 Å². The van der Waals surface area contributed by atoms with Gasteiger partial charge in [-0.15, -0.1) is 0 Å². The third-order valence-corrected chi connectivity index (χ3v) is 3.22.